The van der Waals surface area contributed by atoms with Gasteiger partial charge in [0.05, 0.1) is 21.3 Å². The second-order valence-electron chi connectivity index (χ2n) is 4.48. The molecule has 14 heteroatoms. The van der Waals surface area contributed by atoms with Gasteiger partial charge in [0.15, 0.2) is 0 Å². The van der Waals surface area contributed by atoms with Crippen LogP contribution in [0.15, 0.2) is 17.2 Å². The van der Waals surface area contributed by atoms with Gasteiger partial charge < -0.3 is 5.73 Å². The highest BCUT2D eigenvalue weighted by atomic mass is 35.5. The maximum atomic E-state index is 13.5. The Morgan fingerprint density at radius 3 is 2.24 bits per heavy atom. The summed E-state index contributed by atoms with van der Waals surface area (Å²) in [6.45, 7) is 0. The van der Waals surface area contributed by atoms with Crippen LogP contribution in [-0.4, -0.2) is 22.1 Å². The Balaban J connectivity index is 2.74. The van der Waals surface area contributed by atoms with Crippen molar-refractivity contribution in [2.75, 3.05) is 5.73 Å². The number of nitrogens with zero attached hydrogens (tertiary/aromatic N) is 2. The third kappa shape index (κ3) is 3.50. The number of nitrogen functional groups attached to an aromatic ring is 1. The molecule has 0 aliphatic heterocycles. The molecular formula is C11H5Cl5F3N3O2S. The van der Waals surface area contributed by atoms with Crippen molar-refractivity contribution in [1.29, 1.82) is 0 Å². The van der Waals surface area contributed by atoms with Gasteiger partial charge in [-0.05, 0) is 29.3 Å². The van der Waals surface area contributed by atoms with Gasteiger partial charge in [0, 0.05) is 5.56 Å². The molecule has 5 nitrogen and oxygen atoms in total. The first kappa shape index (κ1) is 20.7. The fourth-order valence-corrected chi connectivity index (χ4v) is 3.96. The Kier molecular flexibility index (Phi) is 5.69. The van der Waals surface area contributed by atoms with Gasteiger partial charge in [0.2, 0.25) is 9.84 Å². The van der Waals surface area contributed by atoms with E-state index in [0.29, 0.717) is 10.9 Å². The van der Waals surface area contributed by atoms with Crippen LogP contribution in [0.3, 0.4) is 0 Å². The van der Waals surface area contributed by atoms with Crippen molar-refractivity contribution < 1.29 is 21.6 Å². The molecule has 0 bridgehead atoms. The quantitative estimate of drug-likeness (QED) is 0.486. The molecule has 1 aromatic heterocycles. The van der Waals surface area contributed by atoms with Crippen LogP contribution in [0, 0.1) is 0 Å². The van der Waals surface area contributed by atoms with Crippen LogP contribution in [0.4, 0.5) is 19.0 Å². The van der Waals surface area contributed by atoms with Gasteiger partial charge >= 0.3 is 3.92 Å². The van der Waals surface area contributed by atoms with Crippen LogP contribution in [0.5, 0.6) is 0 Å². The van der Waals surface area contributed by atoms with E-state index in [1.807, 2.05) is 0 Å². The van der Waals surface area contributed by atoms with Gasteiger partial charge in [-0.15, -0.1) is 0 Å². The van der Waals surface area contributed by atoms with Crippen molar-refractivity contribution in [3.63, 3.8) is 0 Å². The Hall–Kier alpha value is -0.580. The molecular weight excluding hydrogens is 472 g/mol. The largest absolute Gasteiger partial charge is 0.382 e. The first-order valence-electron chi connectivity index (χ1n) is 5.91. The molecule has 0 unspecified atom stereocenters. The summed E-state index contributed by atoms with van der Waals surface area (Å²) in [4.78, 5) is -0.860. The molecule has 0 amide bonds. The van der Waals surface area contributed by atoms with Crippen molar-refractivity contribution in [2.24, 2.45) is 0 Å². The minimum absolute atomic E-state index is 0.287. The highest BCUT2D eigenvalue weighted by Gasteiger charge is 2.44. The van der Waals surface area contributed by atoms with Crippen LogP contribution in [0.1, 0.15) is 12.0 Å². The second kappa shape index (κ2) is 6.86. The van der Waals surface area contributed by atoms with Gasteiger partial charge in [0.1, 0.15) is 16.4 Å². The third-order valence-corrected chi connectivity index (χ3v) is 6.86. The molecule has 0 radical (unpaired) electrons. The first-order chi connectivity index (χ1) is 11.3. The number of sulfone groups is 1. The summed E-state index contributed by atoms with van der Waals surface area (Å²) in [5.41, 5.74) is 4.70. The fraction of sp³-hybridized carbons (Fsp3) is 0.182. The van der Waals surface area contributed by atoms with Crippen LogP contribution in [-0.2, 0) is 9.84 Å². The van der Waals surface area contributed by atoms with E-state index in [1.54, 1.807) is 0 Å². The Morgan fingerprint density at radius 1 is 1.20 bits per heavy atom. The number of nitrogens with two attached hydrogens (primary N) is 1. The van der Waals surface area contributed by atoms with E-state index < -0.39 is 46.5 Å². The number of halogens is 8. The summed E-state index contributed by atoms with van der Waals surface area (Å²) in [5.74, 6) is -0.659. The summed E-state index contributed by atoms with van der Waals surface area (Å²) in [7, 11) is -4.93. The van der Waals surface area contributed by atoms with E-state index in [-0.39, 0.29) is 10.7 Å². The number of hydrogen-bond acceptors (Lipinski definition) is 4. The van der Waals surface area contributed by atoms with E-state index in [0.717, 1.165) is 6.07 Å². The average Bonchev–Trinajstić information content (AvgIpc) is 2.84. The van der Waals surface area contributed by atoms with E-state index >= 15 is 0 Å². The highest BCUT2D eigenvalue weighted by molar-refractivity contribution is 7.95. The number of alkyl halides is 5. The molecule has 0 saturated heterocycles. The molecule has 0 aliphatic rings. The molecule has 25 heavy (non-hydrogen) atoms. The summed E-state index contributed by atoms with van der Waals surface area (Å²) >= 11 is 27.6. The predicted molar refractivity (Wildman–Crippen MR) is 90.7 cm³/mol. The number of rotatable bonds is 4. The van der Waals surface area contributed by atoms with Crippen LogP contribution in [0.25, 0.3) is 5.69 Å². The maximum Gasteiger partial charge on any atom is 0.362 e. The second-order valence-corrected chi connectivity index (χ2v) is 9.34. The number of anilines is 1. The standard InChI is InChI=1S/C11H5Cl5F3N3O2S/c12-4-1-3(9(17)18)6(13)7(14)8(4)22-10(20)5(2-21-22)25(23,24)11(15,16)19/h1-2,9H,20H2. The van der Waals surface area contributed by atoms with Gasteiger partial charge in [-0.1, -0.05) is 34.8 Å². The fourth-order valence-electron chi connectivity index (χ4n) is 1.81. The van der Waals surface area contributed by atoms with Crippen LogP contribution >= 0.6 is 58.0 Å². The lowest BCUT2D eigenvalue weighted by atomic mass is 10.2. The third-order valence-electron chi connectivity index (χ3n) is 2.97. The first-order valence-corrected chi connectivity index (χ1v) is 9.28. The molecule has 2 N–H and O–H groups in total. The normalized spacial score (nSPS) is 12.8. The minimum atomic E-state index is -4.93. The zero-order valence-corrected chi connectivity index (χ0v) is 16.0. The van der Waals surface area contributed by atoms with Gasteiger partial charge in [-0.2, -0.15) is 9.49 Å². The molecule has 138 valence electrons. The lowest BCUT2D eigenvalue weighted by molar-refractivity contribution is 0.151. The summed E-state index contributed by atoms with van der Waals surface area (Å²) < 4.78 is 60.2. The number of hydrogen-bond donors (Lipinski definition) is 1. The predicted octanol–water partition coefficient (Wildman–Crippen LogP) is 5.18. The molecule has 0 aliphatic carbocycles. The molecule has 2 rings (SSSR count). The van der Waals surface area contributed by atoms with E-state index in [1.165, 1.54) is 0 Å². The summed E-state index contributed by atoms with van der Waals surface area (Å²) in [6, 6.07) is 0.813. The molecule has 0 spiro atoms. The summed E-state index contributed by atoms with van der Waals surface area (Å²) in [6.07, 6.45) is -2.33. The number of benzene rings is 1. The Morgan fingerprint density at radius 2 is 1.76 bits per heavy atom. The van der Waals surface area contributed by atoms with Crippen molar-refractivity contribution in [3.05, 3.63) is 32.9 Å². The van der Waals surface area contributed by atoms with Crippen molar-refractivity contribution in [3.8, 4) is 5.69 Å². The average molecular weight is 478 g/mol. The van der Waals surface area contributed by atoms with Gasteiger partial charge in [-0.3, -0.25) is 0 Å². The van der Waals surface area contributed by atoms with Gasteiger partial charge in [0.25, 0.3) is 6.43 Å². The monoisotopic (exact) mass is 475 g/mol. The maximum absolute atomic E-state index is 13.5. The minimum Gasteiger partial charge on any atom is -0.382 e. The molecule has 1 aromatic carbocycles. The summed E-state index contributed by atoms with van der Waals surface area (Å²) in [5, 5.41) is 2.26. The topological polar surface area (TPSA) is 78.0 Å². The van der Waals surface area contributed by atoms with Crippen LogP contribution in [0.2, 0.25) is 15.1 Å². The SMILES string of the molecule is Nc1c(S(=O)(=O)C(F)(Cl)Cl)cnn1-c1c(Cl)cc(C(F)F)c(Cl)c1Cl. The van der Waals surface area contributed by atoms with E-state index in [4.69, 9.17) is 63.7 Å². The van der Waals surface area contributed by atoms with E-state index in [9.17, 15) is 21.6 Å². The number of aromatic nitrogens is 2. The highest BCUT2D eigenvalue weighted by Crippen LogP contribution is 2.43. The molecule has 0 atom stereocenters. The Bertz CT molecular complexity index is 943. The van der Waals surface area contributed by atoms with Crippen molar-refractivity contribution in [2.45, 2.75) is 15.2 Å². The van der Waals surface area contributed by atoms with E-state index in [2.05, 4.69) is 5.10 Å². The Labute approximate surface area is 164 Å². The molecule has 0 fully saturated rings. The lowest BCUT2D eigenvalue weighted by Crippen LogP contribution is -2.21. The van der Waals surface area contributed by atoms with Gasteiger partial charge in [-0.25, -0.2) is 21.9 Å². The lowest BCUT2D eigenvalue weighted by Gasteiger charge is -2.14. The van der Waals surface area contributed by atoms with Crippen LogP contribution < -0.4 is 5.73 Å². The van der Waals surface area contributed by atoms with Crippen molar-refractivity contribution in [1.82, 2.24) is 9.78 Å². The molecule has 0 saturated carbocycles. The molecule has 2 aromatic rings. The zero-order chi connectivity index (χ0) is 19.3. The zero-order valence-electron chi connectivity index (χ0n) is 11.5. The smallest absolute Gasteiger partial charge is 0.362 e. The molecule has 1 heterocycles. The van der Waals surface area contributed by atoms with Crippen molar-refractivity contribution >= 4 is 73.7 Å².